The summed E-state index contributed by atoms with van der Waals surface area (Å²) in [5.74, 6) is 0. The van der Waals surface area contributed by atoms with Crippen molar-refractivity contribution >= 4 is 47.4 Å². The lowest BCUT2D eigenvalue weighted by atomic mass is 10.2. The van der Waals surface area contributed by atoms with E-state index in [9.17, 15) is 16.8 Å². The zero-order valence-electron chi connectivity index (χ0n) is 16.6. The number of sulfonamides is 2. The molecule has 11 heteroatoms. The van der Waals surface area contributed by atoms with E-state index in [-0.39, 0.29) is 19.7 Å². The Morgan fingerprint density at radius 2 is 1.16 bits per heavy atom. The van der Waals surface area contributed by atoms with Crippen molar-refractivity contribution in [3.05, 3.63) is 46.4 Å². The molecule has 0 aliphatic carbocycles. The number of aryl methyl sites for hydroxylation is 1. The molecule has 0 spiro atoms. The molecule has 0 bridgehead atoms. The highest BCUT2D eigenvalue weighted by Crippen LogP contribution is 2.29. The first kappa shape index (κ1) is 28.4. The Balaban J connectivity index is 0.000000301. The molecule has 4 rings (SSSR count). The average molecular weight is 550 g/mol. The van der Waals surface area contributed by atoms with Crippen LogP contribution in [0, 0.1) is 6.92 Å². The number of nitrogen functional groups attached to an aromatic ring is 2. The van der Waals surface area contributed by atoms with Crippen LogP contribution in [0.15, 0.2) is 50.7 Å². The minimum atomic E-state index is -3.35. The Hall–Kier alpha value is -1.66. The number of rotatable bonds is 4. The third-order valence-electron chi connectivity index (χ3n) is 5.03. The molecular weight excluding hydrogens is 516 g/mol. The Labute approximate surface area is 200 Å². The van der Waals surface area contributed by atoms with E-state index in [2.05, 4.69) is 15.9 Å². The SMILES string of the molecule is C.C.Cc1ccc(N)cc1S(=O)(=O)N1CCC1.Nc1ccc(Br)c(S(=O)(=O)N2CCC2)c1. The molecule has 2 heterocycles. The van der Waals surface area contributed by atoms with E-state index >= 15 is 0 Å². The van der Waals surface area contributed by atoms with E-state index < -0.39 is 20.0 Å². The van der Waals surface area contributed by atoms with Crippen LogP contribution in [-0.4, -0.2) is 51.6 Å². The molecule has 2 aromatic carbocycles. The summed E-state index contributed by atoms with van der Waals surface area (Å²) < 4.78 is 51.7. The predicted octanol–water partition coefficient (Wildman–Crippen LogP) is 3.67. The van der Waals surface area contributed by atoms with Crippen molar-refractivity contribution in [2.24, 2.45) is 0 Å². The zero-order chi connectivity index (χ0) is 22.1. The van der Waals surface area contributed by atoms with Crippen LogP contribution in [0.1, 0.15) is 33.3 Å². The summed E-state index contributed by atoms with van der Waals surface area (Å²) in [6.45, 7) is 4.23. The minimum Gasteiger partial charge on any atom is -0.399 e. The van der Waals surface area contributed by atoms with Crippen molar-refractivity contribution < 1.29 is 16.8 Å². The molecule has 2 aromatic rings. The smallest absolute Gasteiger partial charge is 0.244 e. The molecule has 0 unspecified atom stereocenters. The van der Waals surface area contributed by atoms with Gasteiger partial charge in [-0.3, -0.25) is 0 Å². The number of benzene rings is 2. The highest BCUT2D eigenvalue weighted by molar-refractivity contribution is 9.10. The molecule has 0 atom stereocenters. The molecule has 0 aromatic heterocycles. The molecule has 4 N–H and O–H groups in total. The van der Waals surface area contributed by atoms with Gasteiger partial charge in [-0.2, -0.15) is 8.61 Å². The van der Waals surface area contributed by atoms with E-state index in [1.807, 2.05) is 0 Å². The van der Waals surface area contributed by atoms with Crippen LogP contribution in [0.4, 0.5) is 11.4 Å². The standard InChI is InChI=1S/C10H14N2O2S.C9H11BrN2O2S.2CH4/c1-8-3-4-9(11)7-10(8)15(13,14)12-5-2-6-12;10-8-3-2-7(11)6-9(8)15(13,14)12-4-1-5-12;;/h3-4,7H,2,5-6,11H2,1H3;2-3,6H,1,4-5,11H2;2*1H4. The first-order valence-electron chi connectivity index (χ1n) is 9.45. The van der Waals surface area contributed by atoms with Gasteiger partial charge in [0, 0.05) is 42.0 Å². The van der Waals surface area contributed by atoms with Crippen molar-refractivity contribution in [2.45, 2.75) is 44.4 Å². The van der Waals surface area contributed by atoms with Gasteiger partial charge < -0.3 is 11.5 Å². The second-order valence-corrected chi connectivity index (χ2v) is 11.9. The summed E-state index contributed by atoms with van der Waals surface area (Å²) in [6, 6.07) is 9.79. The maximum Gasteiger partial charge on any atom is 0.244 e. The molecule has 0 saturated carbocycles. The van der Waals surface area contributed by atoms with Crippen LogP contribution in [0.25, 0.3) is 0 Å². The van der Waals surface area contributed by atoms with Crippen molar-refractivity contribution in [2.75, 3.05) is 37.6 Å². The number of nitrogens with two attached hydrogens (primary N) is 2. The fourth-order valence-electron chi connectivity index (χ4n) is 2.95. The molecule has 180 valence electrons. The lowest BCUT2D eigenvalue weighted by Gasteiger charge is -2.30. The molecule has 0 amide bonds. The van der Waals surface area contributed by atoms with Crippen molar-refractivity contribution in [1.82, 2.24) is 8.61 Å². The number of halogens is 1. The second kappa shape index (κ2) is 11.0. The van der Waals surface area contributed by atoms with Crippen LogP contribution >= 0.6 is 15.9 Å². The highest BCUT2D eigenvalue weighted by atomic mass is 79.9. The van der Waals surface area contributed by atoms with Gasteiger partial charge in [0.05, 0.1) is 9.79 Å². The van der Waals surface area contributed by atoms with E-state index in [4.69, 9.17) is 11.5 Å². The summed E-state index contributed by atoms with van der Waals surface area (Å²) in [4.78, 5) is 0.587. The van der Waals surface area contributed by atoms with Gasteiger partial charge in [-0.1, -0.05) is 20.9 Å². The second-order valence-electron chi connectivity index (χ2n) is 7.23. The molecule has 2 fully saturated rings. The van der Waals surface area contributed by atoms with Gasteiger partial charge in [-0.05, 0) is 71.6 Å². The fraction of sp³-hybridized carbons (Fsp3) is 0.429. The molecular formula is C21H33BrN4O4S2. The Morgan fingerprint density at radius 3 is 1.59 bits per heavy atom. The Bertz CT molecular complexity index is 1050. The van der Waals surface area contributed by atoms with E-state index in [1.54, 1.807) is 31.2 Å². The van der Waals surface area contributed by atoms with Crippen LogP contribution in [0.2, 0.25) is 0 Å². The largest absolute Gasteiger partial charge is 0.399 e. The van der Waals surface area contributed by atoms with Gasteiger partial charge in [0.25, 0.3) is 0 Å². The number of hydrogen-bond acceptors (Lipinski definition) is 6. The predicted molar refractivity (Wildman–Crippen MR) is 134 cm³/mol. The molecule has 0 radical (unpaired) electrons. The van der Waals surface area contributed by atoms with Crippen LogP contribution in [0.5, 0.6) is 0 Å². The van der Waals surface area contributed by atoms with E-state index in [1.165, 1.54) is 20.7 Å². The summed E-state index contributed by atoms with van der Waals surface area (Å²) in [7, 11) is -6.65. The van der Waals surface area contributed by atoms with Crippen molar-refractivity contribution in [3.8, 4) is 0 Å². The van der Waals surface area contributed by atoms with Gasteiger partial charge in [-0.15, -0.1) is 0 Å². The lowest BCUT2D eigenvalue weighted by molar-refractivity contribution is 0.309. The summed E-state index contributed by atoms with van der Waals surface area (Å²) >= 11 is 3.23. The molecule has 2 aliphatic heterocycles. The van der Waals surface area contributed by atoms with Crippen molar-refractivity contribution in [1.29, 1.82) is 0 Å². The summed E-state index contributed by atoms with van der Waals surface area (Å²) in [6.07, 6.45) is 1.87. The first-order valence-corrected chi connectivity index (χ1v) is 13.1. The third-order valence-corrected chi connectivity index (χ3v) is 9.97. The van der Waals surface area contributed by atoms with Gasteiger partial charge in [0.15, 0.2) is 0 Å². The van der Waals surface area contributed by atoms with Crippen LogP contribution < -0.4 is 11.5 Å². The van der Waals surface area contributed by atoms with Gasteiger partial charge in [0.2, 0.25) is 20.0 Å². The van der Waals surface area contributed by atoms with Gasteiger partial charge in [-0.25, -0.2) is 16.8 Å². The monoisotopic (exact) mass is 548 g/mol. The fourth-order valence-corrected chi connectivity index (χ4v) is 7.20. The topological polar surface area (TPSA) is 127 Å². The molecule has 2 aliphatic rings. The molecule has 32 heavy (non-hydrogen) atoms. The first-order chi connectivity index (χ1) is 14.0. The molecule has 2 saturated heterocycles. The van der Waals surface area contributed by atoms with E-state index in [0.717, 1.165) is 18.4 Å². The number of hydrogen-bond donors (Lipinski definition) is 2. The lowest BCUT2D eigenvalue weighted by Crippen LogP contribution is -2.42. The number of nitrogens with zero attached hydrogens (tertiary/aromatic N) is 2. The maximum atomic E-state index is 12.1. The third kappa shape index (κ3) is 5.82. The number of anilines is 2. The van der Waals surface area contributed by atoms with Gasteiger partial charge in [0.1, 0.15) is 0 Å². The Kier molecular flexibility index (Phi) is 9.73. The van der Waals surface area contributed by atoms with Crippen LogP contribution in [-0.2, 0) is 20.0 Å². The summed E-state index contributed by atoms with van der Waals surface area (Å²) in [5, 5.41) is 0. The minimum absolute atomic E-state index is 0. The zero-order valence-corrected chi connectivity index (χ0v) is 19.8. The normalized spacial score (nSPS) is 16.3. The summed E-state index contributed by atoms with van der Waals surface area (Å²) in [5.41, 5.74) is 12.9. The van der Waals surface area contributed by atoms with Crippen molar-refractivity contribution in [3.63, 3.8) is 0 Å². The quantitative estimate of drug-likeness (QED) is 0.561. The van der Waals surface area contributed by atoms with Crippen LogP contribution in [0.3, 0.4) is 0 Å². The maximum absolute atomic E-state index is 12.1. The average Bonchev–Trinajstić information content (AvgIpc) is 2.55. The van der Waals surface area contributed by atoms with Gasteiger partial charge >= 0.3 is 0 Å². The Morgan fingerprint density at radius 1 is 0.750 bits per heavy atom. The van der Waals surface area contributed by atoms with E-state index in [0.29, 0.717) is 46.9 Å². The highest BCUT2D eigenvalue weighted by Gasteiger charge is 2.31. The molecule has 8 nitrogen and oxygen atoms in total.